The summed E-state index contributed by atoms with van der Waals surface area (Å²) in [6.07, 6.45) is 0. The maximum Gasteiger partial charge on any atom is 0.276 e. The van der Waals surface area contributed by atoms with Crippen molar-refractivity contribution < 1.29 is 24.0 Å². The number of rotatable bonds is 7. The number of nitro benzene ring substituents is 1. The molecular formula is C17H17N3O6. The number of nitrogens with zero attached hydrogens (tertiary/aromatic N) is 1. The molecule has 0 bridgehead atoms. The number of benzene rings is 2. The third-order valence-corrected chi connectivity index (χ3v) is 3.14. The number of nitro groups is 1. The second-order valence-corrected chi connectivity index (χ2v) is 4.98. The van der Waals surface area contributed by atoms with Gasteiger partial charge < -0.3 is 9.47 Å². The van der Waals surface area contributed by atoms with E-state index in [2.05, 4.69) is 10.9 Å². The van der Waals surface area contributed by atoms with E-state index in [4.69, 9.17) is 9.47 Å². The van der Waals surface area contributed by atoms with Crippen molar-refractivity contribution in [3.8, 4) is 11.5 Å². The minimum atomic E-state index is -0.684. The first kappa shape index (κ1) is 18.7. The van der Waals surface area contributed by atoms with Gasteiger partial charge in [-0.2, -0.15) is 0 Å². The lowest BCUT2D eigenvalue weighted by molar-refractivity contribution is -0.384. The summed E-state index contributed by atoms with van der Waals surface area (Å²) in [7, 11) is 0. The average Bonchev–Trinajstić information content (AvgIpc) is 2.65. The largest absolute Gasteiger partial charge is 0.490 e. The molecule has 0 fully saturated rings. The Kier molecular flexibility index (Phi) is 6.49. The number of amides is 2. The summed E-state index contributed by atoms with van der Waals surface area (Å²) in [6, 6.07) is 12.0. The Labute approximate surface area is 149 Å². The van der Waals surface area contributed by atoms with E-state index in [1.807, 2.05) is 6.92 Å². The lowest BCUT2D eigenvalue weighted by atomic mass is 10.2. The Morgan fingerprint density at radius 1 is 1.04 bits per heavy atom. The van der Waals surface area contributed by atoms with Crippen LogP contribution in [0.2, 0.25) is 0 Å². The molecule has 2 aromatic rings. The van der Waals surface area contributed by atoms with Crippen LogP contribution in [0.4, 0.5) is 5.69 Å². The summed E-state index contributed by atoms with van der Waals surface area (Å²) in [5.41, 5.74) is 4.17. The molecule has 0 heterocycles. The lowest BCUT2D eigenvalue weighted by Gasteiger charge is -2.12. The first-order chi connectivity index (χ1) is 12.5. The third-order valence-electron chi connectivity index (χ3n) is 3.14. The summed E-state index contributed by atoms with van der Waals surface area (Å²) in [5.74, 6) is -0.384. The Morgan fingerprint density at radius 3 is 2.38 bits per heavy atom. The number of carbonyl (C=O) groups is 2. The van der Waals surface area contributed by atoms with Gasteiger partial charge in [-0.15, -0.1) is 0 Å². The van der Waals surface area contributed by atoms with Crippen molar-refractivity contribution >= 4 is 17.5 Å². The first-order valence-corrected chi connectivity index (χ1v) is 7.69. The van der Waals surface area contributed by atoms with Crippen molar-refractivity contribution in [3.05, 3.63) is 64.2 Å². The second-order valence-electron chi connectivity index (χ2n) is 4.98. The van der Waals surface area contributed by atoms with Crippen LogP contribution < -0.4 is 20.3 Å². The van der Waals surface area contributed by atoms with Crippen LogP contribution in [0.1, 0.15) is 17.3 Å². The molecule has 2 amide bonds. The van der Waals surface area contributed by atoms with Gasteiger partial charge in [0.15, 0.2) is 18.1 Å². The summed E-state index contributed by atoms with van der Waals surface area (Å²) >= 11 is 0. The van der Waals surface area contributed by atoms with Crippen LogP contribution >= 0.6 is 0 Å². The average molecular weight is 359 g/mol. The van der Waals surface area contributed by atoms with E-state index in [1.54, 1.807) is 24.3 Å². The molecule has 0 saturated heterocycles. The fourth-order valence-electron chi connectivity index (χ4n) is 1.98. The van der Waals surface area contributed by atoms with E-state index in [9.17, 15) is 19.7 Å². The molecule has 0 unspecified atom stereocenters. The topological polar surface area (TPSA) is 120 Å². The quantitative estimate of drug-likeness (QED) is 0.575. The number of para-hydroxylation sites is 2. The van der Waals surface area contributed by atoms with E-state index in [0.29, 0.717) is 18.1 Å². The molecule has 0 aromatic heterocycles. The number of hydrogen-bond acceptors (Lipinski definition) is 6. The normalized spacial score (nSPS) is 9.88. The van der Waals surface area contributed by atoms with Crippen LogP contribution in [0.3, 0.4) is 0 Å². The summed E-state index contributed by atoms with van der Waals surface area (Å²) in [4.78, 5) is 33.8. The van der Waals surface area contributed by atoms with Crippen LogP contribution in [-0.4, -0.2) is 30.0 Å². The zero-order valence-electron chi connectivity index (χ0n) is 13.9. The van der Waals surface area contributed by atoms with E-state index in [0.717, 1.165) is 6.07 Å². The van der Waals surface area contributed by atoms with Gasteiger partial charge in [-0.25, -0.2) is 0 Å². The summed E-state index contributed by atoms with van der Waals surface area (Å²) < 4.78 is 10.7. The van der Waals surface area contributed by atoms with E-state index in [-0.39, 0.29) is 17.9 Å². The molecule has 0 aliphatic heterocycles. The molecule has 0 aliphatic carbocycles. The van der Waals surface area contributed by atoms with Crippen molar-refractivity contribution in [2.45, 2.75) is 6.92 Å². The van der Waals surface area contributed by atoms with E-state index >= 15 is 0 Å². The number of ether oxygens (including phenoxy) is 2. The van der Waals surface area contributed by atoms with Crippen molar-refractivity contribution in [2.75, 3.05) is 13.2 Å². The molecule has 0 spiro atoms. The maximum atomic E-state index is 11.9. The standard InChI is InChI=1S/C17H17N3O6/c1-2-25-14-8-3-4-9-15(14)26-11-16(21)18-19-17(22)12-6-5-7-13(10-12)20(23)24/h3-10H,2,11H2,1H3,(H,18,21)(H,19,22). The molecule has 9 nitrogen and oxygen atoms in total. The third kappa shape index (κ3) is 5.20. The summed E-state index contributed by atoms with van der Waals surface area (Å²) in [5, 5.41) is 10.7. The van der Waals surface area contributed by atoms with Gasteiger partial charge in [0.2, 0.25) is 0 Å². The number of hydrogen-bond donors (Lipinski definition) is 2. The van der Waals surface area contributed by atoms with E-state index < -0.39 is 16.7 Å². The number of non-ortho nitro benzene ring substituents is 1. The second kappa shape index (κ2) is 9.02. The number of carbonyl (C=O) groups excluding carboxylic acids is 2. The molecule has 2 N–H and O–H groups in total. The Morgan fingerprint density at radius 2 is 1.73 bits per heavy atom. The monoisotopic (exact) mass is 359 g/mol. The zero-order chi connectivity index (χ0) is 18.9. The molecule has 0 atom stereocenters. The molecule has 9 heteroatoms. The predicted molar refractivity (Wildman–Crippen MR) is 91.8 cm³/mol. The van der Waals surface area contributed by atoms with Gasteiger partial charge in [-0.1, -0.05) is 18.2 Å². The molecule has 136 valence electrons. The highest BCUT2D eigenvalue weighted by molar-refractivity contribution is 5.96. The van der Waals surface area contributed by atoms with Crippen molar-refractivity contribution in [2.24, 2.45) is 0 Å². The molecule has 0 aliphatic rings. The van der Waals surface area contributed by atoms with Crippen molar-refractivity contribution in [3.63, 3.8) is 0 Å². The molecule has 0 saturated carbocycles. The van der Waals surface area contributed by atoms with Gasteiger partial charge in [0.1, 0.15) is 0 Å². The maximum absolute atomic E-state index is 11.9. The van der Waals surface area contributed by atoms with Crippen molar-refractivity contribution in [1.29, 1.82) is 0 Å². The first-order valence-electron chi connectivity index (χ1n) is 7.69. The van der Waals surface area contributed by atoms with Crippen LogP contribution in [0.5, 0.6) is 11.5 Å². The molecule has 26 heavy (non-hydrogen) atoms. The highest BCUT2D eigenvalue weighted by atomic mass is 16.6. The molecule has 2 rings (SSSR count). The van der Waals surface area contributed by atoms with Gasteiger partial charge in [0.05, 0.1) is 11.5 Å². The fourth-order valence-corrected chi connectivity index (χ4v) is 1.98. The summed E-state index contributed by atoms with van der Waals surface area (Å²) in [6.45, 7) is 1.93. The minimum Gasteiger partial charge on any atom is -0.490 e. The van der Waals surface area contributed by atoms with Crippen LogP contribution in [0, 0.1) is 10.1 Å². The van der Waals surface area contributed by atoms with Gasteiger partial charge in [-0.05, 0) is 25.1 Å². The SMILES string of the molecule is CCOc1ccccc1OCC(=O)NNC(=O)c1cccc([N+](=O)[O-])c1. The minimum absolute atomic E-state index is 0.0436. The van der Waals surface area contributed by atoms with Crippen LogP contribution in [0.25, 0.3) is 0 Å². The van der Waals surface area contributed by atoms with Crippen LogP contribution in [-0.2, 0) is 4.79 Å². The highest BCUT2D eigenvalue weighted by Gasteiger charge is 2.13. The number of hydrazine groups is 1. The zero-order valence-corrected chi connectivity index (χ0v) is 13.9. The van der Waals surface area contributed by atoms with Gasteiger partial charge in [0, 0.05) is 17.7 Å². The van der Waals surface area contributed by atoms with Crippen LogP contribution in [0.15, 0.2) is 48.5 Å². The Bertz CT molecular complexity index is 809. The van der Waals surface area contributed by atoms with Crippen molar-refractivity contribution in [1.82, 2.24) is 10.9 Å². The van der Waals surface area contributed by atoms with Gasteiger partial charge in [0.25, 0.3) is 17.5 Å². The fraction of sp³-hybridized carbons (Fsp3) is 0.176. The molecule has 0 radical (unpaired) electrons. The Balaban J connectivity index is 1.86. The van der Waals surface area contributed by atoms with Gasteiger partial charge in [-0.3, -0.25) is 30.6 Å². The van der Waals surface area contributed by atoms with Gasteiger partial charge >= 0.3 is 0 Å². The molecular weight excluding hydrogens is 342 g/mol. The Hall–Kier alpha value is -3.62. The smallest absolute Gasteiger partial charge is 0.276 e. The number of nitrogens with one attached hydrogen (secondary N) is 2. The predicted octanol–water partition coefficient (Wildman–Crippen LogP) is 1.83. The highest BCUT2D eigenvalue weighted by Crippen LogP contribution is 2.26. The van der Waals surface area contributed by atoms with E-state index in [1.165, 1.54) is 18.2 Å². The molecule has 2 aromatic carbocycles. The lowest BCUT2D eigenvalue weighted by Crippen LogP contribution is -2.43.